The van der Waals surface area contributed by atoms with Crippen LogP contribution in [0.2, 0.25) is 0 Å². The number of halogens is 1. The lowest BCUT2D eigenvalue weighted by molar-refractivity contribution is -0.146. The van der Waals surface area contributed by atoms with Gasteiger partial charge in [0.15, 0.2) is 6.61 Å². The number of hydrogen-bond donors (Lipinski definition) is 0. The average Bonchev–Trinajstić information content (AvgIpc) is 2.70. The summed E-state index contributed by atoms with van der Waals surface area (Å²) in [6.45, 7) is 4.18. The summed E-state index contributed by atoms with van der Waals surface area (Å²) < 4.78 is 23.4. The maximum atomic E-state index is 13.1. The maximum absolute atomic E-state index is 13.1. The molecule has 5 nitrogen and oxygen atoms in total. The van der Waals surface area contributed by atoms with Crippen molar-refractivity contribution in [2.75, 3.05) is 26.8 Å². The van der Waals surface area contributed by atoms with Gasteiger partial charge in [0.05, 0.1) is 13.0 Å². The molecule has 0 spiro atoms. The number of esters is 1. The van der Waals surface area contributed by atoms with E-state index in [-0.39, 0.29) is 30.8 Å². The van der Waals surface area contributed by atoms with Gasteiger partial charge in [-0.1, -0.05) is 36.8 Å². The van der Waals surface area contributed by atoms with Crippen LogP contribution in [0.4, 0.5) is 4.39 Å². The Bertz CT molecular complexity index is 774. The Hall–Kier alpha value is -2.89. The molecule has 2 rings (SSSR count). The minimum Gasteiger partial charge on any atom is -0.484 e. The van der Waals surface area contributed by atoms with Crippen molar-refractivity contribution < 1.29 is 23.5 Å². The lowest BCUT2D eigenvalue weighted by Gasteiger charge is -2.25. The zero-order valence-corrected chi connectivity index (χ0v) is 16.5. The molecule has 1 amide bonds. The van der Waals surface area contributed by atoms with Gasteiger partial charge in [0.2, 0.25) is 0 Å². The second-order valence-electron chi connectivity index (χ2n) is 6.74. The van der Waals surface area contributed by atoms with Crippen molar-refractivity contribution in [2.45, 2.75) is 20.3 Å². The summed E-state index contributed by atoms with van der Waals surface area (Å²) in [5.41, 5.74) is 2.01. The molecule has 6 heteroatoms. The van der Waals surface area contributed by atoms with Crippen LogP contribution in [0.3, 0.4) is 0 Å². The van der Waals surface area contributed by atoms with E-state index in [1.807, 2.05) is 31.2 Å². The Morgan fingerprint density at radius 1 is 1.07 bits per heavy atom. The molecule has 150 valence electrons. The first-order valence-corrected chi connectivity index (χ1v) is 9.18. The average molecular weight is 387 g/mol. The predicted molar refractivity (Wildman–Crippen MR) is 105 cm³/mol. The lowest BCUT2D eigenvalue weighted by atomic mass is 10.1. The number of aryl methyl sites for hydroxylation is 1. The Kier molecular flexibility index (Phi) is 7.99. The molecule has 28 heavy (non-hydrogen) atoms. The number of nitrogens with zero attached hydrogens (tertiary/aromatic N) is 1. The van der Waals surface area contributed by atoms with Gasteiger partial charge in [0.1, 0.15) is 11.6 Å². The van der Waals surface area contributed by atoms with Gasteiger partial charge in [-0.15, -0.1) is 0 Å². The molecule has 0 radical (unpaired) electrons. The SMILES string of the molecule is COC(=O)C(C)CN(CCc1ccc(F)cc1)C(=O)COc1ccc(C)cc1. The number of benzene rings is 2. The minimum absolute atomic E-state index is 0.125. The number of hydrogen-bond acceptors (Lipinski definition) is 4. The van der Waals surface area contributed by atoms with E-state index in [0.29, 0.717) is 18.7 Å². The van der Waals surface area contributed by atoms with Crippen LogP contribution in [-0.2, 0) is 20.7 Å². The van der Waals surface area contributed by atoms with Crippen LogP contribution in [-0.4, -0.2) is 43.6 Å². The first-order chi connectivity index (χ1) is 13.4. The third kappa shape index (κ3) is 6.68. The molecule has 0 heterocycles. The van der Waals surface area contributed by atoms with E-state index in [9.17, 15) is 14.0 Å². The predicted octanol–water partition coefficient (Wildman–Crippen LogP) is 3.39. The molecular formula is C22H26FNO4. The zero-order valence-electron chi connectivity index (χ0n) is 16.5. The molecule has 1 atom stereocenters. The van der Waals surface area contributed by atoms with Gasteiger partial charge in [0, 0.05) is 13.1 Å². The number of ether oxygens (including phenoxy) is 2. The summed E-state index contributed by atoms with van der Waals surface area (Å²) in [4.78, 5) is 26.0. The molecule has 1 unspecified atom stereocenters. The van der Waals surface area contributed by atoms with Crippen molar-refractivity contribution in [1.29, 1.82) is 0 Å². The molecule has 0 saturated heterocycles. The normalized spacial score (nSPS) is 11.6. The van der Waals surface area contributed by atoms with Crippen molar-refractivity contribution in [2.24, 2.45) is 5.92 Å². The van der Waals surface area contributed by atoms with Gasteiger partial charge in [-0.25, -0.2) is 4.39 Å². The molecule has 2 aromatic rings. The van der Waals surface area contributed by atoms with E-state index in [4.69, 9.17) is 9.47 Å². The van der Waals surface area contributed by atoms with Crippen molar-refractivity contribution >= 4 is 11.9 Å². The van der Waals surface area contributed by atoms with Crippen molar-refractivity contribution in [1.82, 2.24) is 4.90 Å². The quantitative estimate of drug-likeness (QED) is 0.619. The molecule has 0 fully saturated rings. The monoisotopic (exact) mass is 387 g/mol. The van der Waals surface area contributed by atoms with Gasteiger partial charge in [-0.2, -0.15) is 0 Å². The van der Waals surface area contributed by atoms with Gasteiger partial charge < -0.3 is 14.4 Å². The van der Waals surface area contributed by atoms with Gasteiger partial charge in [-0.05, 0) is 43.2 Å². The van der Waals surface area contributed by atoms with Gasteiger partial charge >= 0.3 is 5.97 Å². The minimum atomic E-state index is -0.457. The fraction of sp³-hybridized carbons (Fsp3) is 0.364. The summed E-state index contributed by atoms with van der Waals surface area (Å²) in [5.74, 6) is -0.750. The van der Waals surface area contributed by atoms with Crippen LogP contribution in [0.15, 0.2) is 48.5 Å². The molecule has 0 saturated carbocycles. The fourth-order valence-electron chi connectivity index (χ4n) is 2.71. The molecule has 2 aromatic carbocycles. The molecule has 0 aliphatic rings. The largest absolute Gasteiger partial charge is 0.484 e. The highest BCUT2D eigenvalue weighted by atomic mass is 19.1. The van der Waals surface area contributed by atoms with Gasteiger partial charge in [0.25, 0.3) is 5.91 Å². The molecule has 0 aliphatic heterocycles. The maximum Gasteiger partial charge on any atom is 0.310 e. The number of carbonyl (C=O) groups excluding carboxylic acids is 2. The van der Waals surface area contributed by atoms with E-state index in [0.717, 1.165) is 11.1 Å². The van der Waals surface area contributed by atoms with E-state index >= 15 is 0 Å². The Balaban J connectivity index is 2.00. The summed E-state index contributed by atoms with van der Waals surface area (Å²) in [7, 11) is 1.32. The molecule has 0 bridgehead atoms. The van der Waals surface area contributed by atoms with Crippen LogP contribution in [0, 0.1) is 18.7 Å². The van der Waals surface area contributed by atoms with E-state index in [1.54, 1.807) is 24.0 Å². The highest BCUT2D eigenvalue weighted by Crippen LogP contribution is 2.12. The highest BCUT2D eigenvalue weighted by Gasteiger charge is 2.22. The first kappa shape index (κ1) is 21.4. The Morgan fingerprint density at radius 3 is 2.32 bits per heavy atom. The van der Waals surface area contributed by atoms with E-state index in [1.165, 1.54) is 19.2 Å². The third-order valence-electron chi connectivity index (χ3n) is 4.42. The van der Waals surface area contributed by atoms with Crippen LogP contribution >= 0.6 is 0 Å². The summed E-state index contributed by atoms with van der Waals surface area (Å²) >= 11 is 0. The second-order valence-corrected chi connectivity index (χ2v) is 6.74. The standard InChI is InChI=1S/C22H26FNO4/c1-16-4-10-20(11-5-16)28-15-21(25)24(14-17(2)22(26)27-3)13-12-18-6-8-19(23)9-7-18/h4-11,17H,12-15H2,1-3H3. The third-order valence-corrected chi connectivity index (χ3v) is 4.42. The molecule has 0 aromatic heterocycles. The van der Waals surface area contributed by atoms with E-state index < -0.39 is 5.92 Å². The number of rotatable bonds is 9. The topological polar surface area (TPSA) is 55.8 Å². The van der Waals surface area contributed by atoms with Crippen molar-refractivity contribution in [3.8, 4) is 5.75 Å². The summed E-state index contributed by atoms with van der Waals surface area (Å²) in [6, 6.07) is 13.6. The highest BCUT2D eigenvalue weighted by molar-refractivity contribution is 5.79. The summed E-state index contributed by atoms with van der Waals surface area (Å²) in [5, 5.41) is 0. The molecular weight excluding hydrogens is 361 g/mol. The van der Waals surface area contributed by atoms with Crippen LogP contribution in [0.25, 0.3) is 0 Å². The fourth-order valence-corrected chi connectivity index (χ4v) is 2.71. The summed E-state index contributed by atoms with van der Waals surface area (Å²) in [6.07, 6.45) is 0.546. The van der Waals surface area contributed by atoms with Crippen LogP contribution < -0.4 is 4.74 Å². The van der Waals surface area contributed by atoms with Crippen molar-refractivity contribution in [3.63, 3.8) is 0 Å². The number of carbonyl (C=O) groups is 2. The second kappa shape index (κ2) is 10.4. The Morgan fingerprint density at radius 2 is 1.71 bits per heavy atom. The van der Waals surface area contributed by atoms with E-state index in [2.05, 4.69) is 0 Å². The Labute approximate surface area is 165 Å². The van der Waals surface area contributed by atoms with Crippen molar-refractivity contribution in [3.05, 3.63) is 65.5 Å². The zero-order chi connectivity index (χ0) is 20.5. The smallest absolute Gasteiger partial charge is 0.310 e. The molecule has 0 aliphatic carbocycles. The van der Waals surface area contributed by atoms with Crippen LogP contribution in [0.1, 0.15) is 18.1 Å². The lowest BCUT2D eigenvalue weighted by Crippen LogP contribution is -2.41. The number of methoxy groups -OCH3 is 1. The number of amides is 1. The first-order valence-electron chi connectivity index (χ1n) is 9.18. The van der Waals surface area contributed by atoms with Gasteiger partial charge in [-0.3, -0.25) is 9.59 Å². The molecule has 0 N–H and O–H groups in total. The van der Waals surface area contributed by atoms with Crippen LogP contribution in [0.5, 0.6) is 5.75 Å².